The first-order chi connectivity index (χ1) is 12.2. The molecule has 0 fully saturated rings. The highest BCUT2D eigenvalue weighted by Gasteiger charge is 2.16. The quantitative estimate of drug-likeness (QED) is 0.734. The van der Waals surface area contributed by atoms with Crippen LogP contribution < -0.4 is 5.32 Å². The van der Waals surface area contributed by atoms with E-state index in [-0.39, 0.29) is 12.1 Å². The second-order valence-electron chi connectivity index (χ2n) is 5.70. The van der Waals surface area contributed by atoms with Crippen LogP contribution in [0.5, 0.6) is 0 Å². The minimum Gasteiger partial charge on any atom is -0.331 e. The molecule has 1 unspecified atom stereocenters. The van der Waals surface area contributed by atoms with Gasteiger partial charge in [-0.25, -0.2) is 14.5 Å². The van der Waals surface area contributed by atoms with Crippen molar-refractivity contribution in [3.8, 4) is 5.69 Å². The number of benzene rings is 1. The normalized spacial score (nSPS) is 11.9. The lowest BCUT2D eigenvalue weighted by Crippen LogP contribution is -2.40. The molecule has 0 aliphatic carbocycles. The number of hydrogen-bond acceptors (Lipinski definition) is 4. The van der Waals surface area contributed by atoms with Crippen molar-refractivity contribution in [2.24, 2.45) is 0 Å². The van der Waals surface area contributed by atoms with Crippen LogP contribution in [0, 0.1) is 0 Å². The van der Waals surface area contributed by atoms with Crippen LogP contribution in [0.3, 0.4) is 0 Å². The summed E-state index contributed by atoms with van der Waals surface area (Å²) in [5.74, 6) is 0. The van der Waals surface area contributed by atoms with Crippen LogP contribution in [0.15, 0.2) is 54.4 Å². The largest absolute Gasteiger partial charge is 0.331 e. The molecule has 3 rings (SSSR count). The van der Waals surface area contributed by atoms with Gasteiger partial charge in [0.2, 0.25) is 0 Å². The summed E-state index contributed by atoms with van der Waals surface area (Å²) in [7, 11) is 0. The van der Waals surface area contributed by atoms with Gasteiger partial charge in [0.1, 0.15) is 12.7 Å². The van der Waals surface area contributed by atoms with Gasteiger partial charge in [0, 0.05) is 11.4 Å². The fraction of sp³-hybridized carbons (Fsp3) is 0.278. The highest BCUT2D eigenvalue weighted by atomic mass is 32.1. The van der Waals surface area contributed by atoms with E-state index in [0.29, 0.717) is 13.1 Å². The van der Waals surface area contributed by atoms with Crippen LogP contribution in [-0.2, 0) is 6.54 Å². The van der Waals surface area contributed by atoms with Crippen LogP contribution in [0.2, 0.25) is 0 Å². The zero-order chi connectivity index (χ0) is 17.6. The van der Waals surface area contributed by atoms with Crippen molar-refractivity contribution in [3.63, 3.8) is 0 Å². The van der Waals surface area contributed by atoms with Gasteiger partial charge in [0.15, 0.2) is 0 Å². The van der Waals surface area contributed by atoms with E-state index >= 15 is 0 Å². The maximum Gasteiger partial charge on any atom is 0.318 e. The summed E-state index contributed by atoms with van der Waals surface area (Å²) in [6.45, 7) is 5.28. The molecule has 0 spiro atoms. The highest BCUT2D eigenvalue weighted by molar-refractivity contribution is 7.09. The van der Waals surface area contributed by atoms with E-state index < -0.39 is 0 Å². The Kier molecular flexibility index (Phi) is 5.45. The number of amides is 2. The van der Waals surface area contributed by atoms with Gasteiger partial charge in [-0.3, -0.25) is 0 Å². The molecule has 2 amide bonds. The Balaban J connectivity index is 1.62. The van der Waals surface area contributed by atoms with Crippen LogP contribution in [0.4, 0.5) is 4.79 Å². The number of rotatable bonds is 6. The van der Waals surface area contributed by atoms with E-state index in [9.17, 15) is 4.79 Å². The molecular formula is C18H21N5OS. The number of hydrogen-bond donors (Lipinski definition) is 1. The average Bonchev–Trinajstić information content (AvgIpc) is 3.33. The third kappa shape index (κ3) is 4.24. The molecule has 0 radical (unpaired) electrons. The Bertz CT molecular complexity index is 784. The van der Waals surface area contributed by atoms with Crippen molar-refractivity contribution in [1.82, 2.24) is 25.0 Å². The van der Waals surface area contributed by atoms with E-state index in [1.807, 2.05) is 60.5 Å². The molecule has 3 aromatic rings. The molecule has 1 N–H and O–H groups in total. The maximum atomic E-state index is 12.5. The van der Waals surface area contributed by atoms with Gasteiger partial charge in [-0.1, -0.05) is 18.2 Å². The Morgan fingerprint density at radius 1 is 1.32 bits per heavy atom. The second kappa shape index (κ2) is 7.94. The van der Waals surface area contributed by atoms with Crippen molar-refractivity contribution in [3.05, 3.63) is 64.9 Å². The number of nitrogens with zero attached hydrogens (tertiary/aromatic N) is 4. The number of nitrogens with one attached hydrogen (secondary N) is 1. The molecule has 7 heteroatoms. The highest BCUT2D eigenvalue weighted by Crippen LogP contribution is 2.17. The summed E-state index contributed by atoms with van der Waals surface area (Å²) >= 11 is 1.66. The zero-order valence-electron chi connectivity index (χ0n) is 14.3. The molecule has 1 atom stereocenters. The monoisotopic (exact) mass is 355 g/mol. The van der Waals surface area contributed by atoms with Crippen LogP contribution >= 0.6 is 11.3 Å². The predicted octanol–water partition coefficient (Wildman–Crippen LogP) is 3.62. The van der Waals surface area contributed by atoms with Crippen molar-refractivity contribution in [2.75, 3.05) is 6.54 Å². The predicted molar refractivity (Wildman–Crippen MR) is 98.7 cm³/mol. The van der Waals surface area contributed by atoms with Gasteiger partial charge >= 0.3 is 6.03 Å². The lowest BCUT2D eigenvalue weighted by Gasteiger charge is -2.24. The summed E-state index contributed by atoms with van der Waals surface area (Å²) in [5, 5.41) is 9.21. The van der Waals surface area contributed by atoms with E-state index in [1.165, 1.54) is 11.2 Å². The molecule has 0 aliphatic rings. The zero-order valence-corrected chi connectivity index (χ0v) is 15.1. The Labute approximate surface area is 151 Å². The topological polar surface area (TPSA) is 63.1 Å². The van der Waals surface area contributed by atoms with Gasteiger partial charge in [-0.15, -0.1) is 11.3 Å². The number of thiophene rings is 1. The molecule has 6 nitrogen and oxygen atoms in total. The fourth-order valence-electron chi connectivity index (χ4n) is 2.53. The lowest BCUT2D eigenvalue weighted by atomic mass is 10.1. The fourth-order valence-corrected chi connectivity index (χ4v) is 3.25. The summed E-state index contributed by atoms with van der Waals surface area (Å²) in [6.07, 6.45) is 3.16. The Morgan fingerprint density at radius 3 is 2.72 bits per heavy atom. The van der Waals surface area contributed by atoms with Gasteiger partial charge < -0.3 is 10.2 Å². The average molecular weight is 355 g/mol. The number of carbonyl (C=O) groups is 1. The number of urea groups is 1. The molecule has 0 bridgehead atoms. The van der Waals surface area contributed by atoms with Crippen molar-refractivity contribution in [2.45, 2.75) is 26.4 Å². The molecule has 1 aromatic carbocycles. The van der Waals surface area contributed by atoms with Gasteiger partial charge in [0.25, 0.3) is 0 Å². The molecule has 25 heavy (non-hydrogen) atoms. The second-order valence-corrected chi connectivity index (χ2v) is 6.73. The smallest absolute Gasteiger partial charge is 0.318 e. The molecular weight excluding hydrogens is 334 g/mol. The van der Waals surface area contributed by atoms with E-state index in [0.717, 1.165) is 11.3 Å². The van der Waals surface area contributed by atoms with Crippen LogP contribution in [0.1, 0.15) is 30.3 Å². The minimum atomic E-state index is -0.0744. The molecule has 130 valence electrons. The third-order valence-electron chi connectivity index (χ3n) is 4.01. The SMILES string of the molecule is CCN(Cc1cccs1)C(=O)NC(C)c1ccc(-n2cncn2)cc1. The van der Waals surface area contributed by atoms with Crippen molar-refractivity contribution >= 4 is 17.4 Å². The maximum absolute atomic E-state index is 12.5. The molecule has 2 heterocycles. The summed E-state index contributed by atoms with van der Waals surface area (Å²) in [6, 6.07) is 11.9. The number of carbonyl (C=O) groups excluding carboxylic acids is 1. The standard InChI is InChI=1S/C18H21N5OS/c1-3-22(11-17-5-4-10-25-17)18(24)21-14(2)15-6-8-16(9-7-15)23-13-19-12-20-23/h4-10,12-14H,3,11H2,1-2H3,(H,21,24). The van der Waals surface area contributed by atoms with Crippen molar-refractivity contribution in [1.29, 1.82) is 0 Å². The third-order valence-corrected chi connectivity index (χ3v) is 4.87. The van der Waals surface area contributed by atoms with Gasteiger partial charge in [-0.2, -0.15) is 5.10 Å². The lowest BCUT2D eigenvalue weighted by molar-refractivity contribution is 0.195. The first-order valence-corrected chi connectivity index (χ1v) is 9.08. The van der Waals surface area contributed by atoms with Gasteiger partial charge in [0.05, 0.1) is 18.3 Å². The molecule has 0 aliphatic heterocycles. The Morgan fingerprint density at radius 2 is 2.12 bits per heavy atom. The van der Waals surface area contributed by atoms with Crippen LogP contribution in [0.25, 0.3) is 5.69 Å². The van der Waals surface area contributed by atoms with E-state index in [1.54, 1.807) is 22.3 Å². The Hall–Kier alpha value is -2.67. The van der Waals surface area contributed by atoms with E-state index in [4.69, 9.17) is 0 Å². The first kappa shape index (κ1) is 17.2. The molecule has 2 aromatic heterocycles. The number of aromatic nitrogens is 3. The summed E-state index contributed by atoms with van der Waals surface area (Å²) in [5.41, 5.74) is 1.98. The summed E-state index contributed by atoms with van der Waals surface area (Å²) < 4.78 is 1.70. The first-order valence-electron chi connectivity index (χ1n) is 8.20. The molecule has 0 saturated carbocycles. The van der Waals surface area contributed by atoms with Crippen molar-refractivity contribution < 1.29 is 4.79 Å². The minimum absolute atomic E-state index is 0.0521. The van der Waals surface area contributed by atoms with Gasteiger partial charge in [-0.05, 0) is 43.0 Å². The van der Waals surface area contributed by atoms with Crippen LogP contribution in [-0.4, -0.2) is 32.2 Å². The molecule has 0 saturated heterocycles. The summed E-state index contributed by atoms with van der Waals surface area (Å²) in [4.78, 5) is 19.5. The van der Waals surface area contributed by atoms with E-state index in [2.05, 4.69) is 15.4 Å².